The lowest BCUT2D eigenvalue weighted by molar-refractivity contribution is -0.187. The molecule has 0 amide bonds. The molecular formula is C14H18N6O4. The summed E-state index contributed by atoms with van der Waals surface area (Å²) in [7, 11) is 0. The van der Waals surface area contributed by atoms with Gasteiger partial charge in [-0.25, -0.2) is 19.9 Å². The number of hydrogen-bond acceptors (Lipinski definition) is 10. The number of aromatic nitrogens is 4. The Morgan fingerprint density at radius 3 is 2.62 bits per heavy atom. The minimum absolute atomic E-state index is 0.168. The fraction of sp³-hybridized carbons (Fsp3) is 0.571. The van der Waals surface area contributed by atoms with Crippen LogP contribution in [0, 0.1) is 0 Å². The summed E-state index contributed by atoms with van der Waals surface area (Å²) in [6, 6.07) is 0. The van der Waals surface area contributed by atoms with E-state index in [-0.39, 0.29) is 24.6 Å². The Bertz CT molecular complexity index is 772. The van der Waals surface area contributed by atoms with Crippen molar-refractivity contribution < 1.29 is 19.3 Å². The third-order valence-corrected chi connectivity index (χ3v) is 4.06. The fourth-order valence-corrected chi connectivity index (χ4v) is 3.08. The highest BCUT2D eigenvalue weighted by atomic mass is 16.8. The maximum absolute atomic E-state index is 9.52. The summed E-state index contributed by atoms with van der Waals surface area (Å²) in [5.74, 6) is -0.0254. The van der Waals surface area contributed by atoms with Crippen LogP contribution in [0.4, 0.5) is 11.6 Å². The van der Waals surface area contributed by atoms with E-state index in [0.717, 1.165) is 0 Å². The molecule has 10 heteroatoms. The Labute approximate surface area is 137 Å². The first-order valence-electron chi connectivity index (χ1n) is 7.58. The van der Waals surface area contributed by atoms with Crippen LogP contribution in [0.2, 0.25) is 0 Å². The van der Waals surface area contributed by atoms with Gasteiger partial charge in [-0.1, -0.05) is 0 Å². The highest BCUT2D eigenvalue weighted by molar-refractivity contribution is 5.91. The van der Waals surface area contributed by atoms with Gasteiger partial charge in [-0.15, -0.1) is 0 Å². The van der Waals surface area contributed by atoms with Crippen LogP contribution in [0.3, 0.4) is 0 Å². The Kier molecular flexibility index (Phi) is 3.49. The number of nitrogens with two attached hydrogens (primary N) is 1. The van der Waals surface area contributed by atoms with Crippen molar-refractivity contribution in [2.75, 3.05) is 17.7 Å². The van der Waals surface area contributed by atoms with E-state index in [2.05, 4.69) is 25.3 Å². The molecule has 0 aliphatic carbocycles. The number of rotatable bonds is 3. The second-order valence-corrected chi connectivity index (χ2v) is 6.17. The van der Waals surface area contributed by atoms with Crippen molar-refractivity contribution in [3.63, 3.8) is 0 Å². The van der Waals surface area contributed by atoms with Crippen LogP contribution in [0.25, 0.3) is 11.0 Å². The van der Waals surface area contributed by atoms with Crippen LogP contribution in [0.5, 0.6) is 0 Å². The molecule has 4 atom stereocenters. The molecule has 10 nitrogen and oxygen atoms in total. The lowest BCUT2D eigenvalue weighted by Gasteiger charge is -2.24. The van der Waals surface area contributed by atoms with E-state index in [4.69, 9.17) is 19.9 Å². The minimum atomic E-state index is -0.743. The number of aliphatic hydroxyl groups is 1. The third kappa shape index (κ3) is 2.44. The molecule has 0 bridgehead atoms. The lowest BCUT2D eigenvalue weighted by atomic mass is 10.1. The fourth-order valence-electron chi connectivity index (χ4n) is 3.08. The van der Waals surface area contributed by atoms with Crippen molar-refractivity contribution in [3.8, 4) is 0 Å². The quantitative estimate of drug-likeness (QED) is 0.683. The van der Waals surface area contributed by atoms with Crippen molar-refractivity contribution in [1.29, 1.82) is 0 Å². The van der Waals surface area contributed by atoms with Gasteiger partial charge >= 0.3 is 0 Å². The highest BCUT2D eigenvalue weighted by Crippen LogP contribution is 2.39. The number of nitrogens with one attached hydrogen (secondary N) is 1. The van der Waals surface area contributed by atoms with Crippen LogP contribution >= 0.6 is 0 Å². The number of nitrogen functional groups attached to an aromatic ring is 1. The molecule has 128 valence electrons. The second kappa shape index (κ2) is 5.45. The Morgan fingerprint density at radius 2 is 1.83 bits per heavy atom. The number of ether oxygens (including phenoxy) is 3. The van der Waals surface area contributed by atoms with Gasteiger partial charge in [0.05, 0.1) is 6.61 Å². The highest BCUT2D eigenvalue weighted by Gasteiger charge is 2.55. The molecule has 4 rings (SSSR count). The number of nitrogens with zero attached hydrogens (tertiary/aromatic N) is 4. The maximum Gasteiger partial charge on any atom is 0.164 e. The standard InChI is InChI=1S/C14H18N6O4/c1-14(2)23-9-6(3-21)22-13(10(9)24-14)20-12-8-7(16-5-19-12)11(15)18-4-17-8/h4-6,9-10,13,21H,3H2,1-2H3,(H2,15,17,18)(H,16,19,20)/t6-,9-,10-,13-/m1/s1. The number of hydrogen-bond donors (Lipinski definition) is 3. The molecule has 4 N–H and O–H groups in total. The number of aliphatic hydroxyl groups excluding tert-OH is 1. The average Bonchev–Trinajstić information content (AvgIpc) is 3.02. The Balaban J connectivity index is 1.65. The van der Waals surface area contributed by atoms with E-state index in [1.165, 1.54) is 12.7 Å². The Morgan fingerprint density at radius 1 is 1.12 bits per heavy atom. The zero-order valence-corrected chi connectivity index (χ0v) is 13.2. The second-order valence-electron chi connectivity index (χ2n) is 6.17. The molecular weight excluding hydrogens is 316 g/mol. The summed E-state index contributed by atoms with van der Waals surface area (Å²) in [6.45, 7) is 3.48. The van der Waals surface area contributed by atoms with Gasteiger partial charge in [0.15, 0.2) is 23.7 Å². The molecule has 2 aromatic rings. The largest absolute Gasteiger partial charge is 0.394 e. The summed E-state index contributed by atoms with van der Waals surface area (Å²) in [4.78, 5) is 16.4. The van der Waals surface area contributed by atoms with E-state index in [1.807, 2.05) is 13.8 Å². The molecule has 2 saturated heterocycles. The topological polar surface area (TPSA) is 138 Å². The first-order valence-corrected chi connectivity index (χ1v) is 7.58. The third-order valence-electron chi connectivity index (χ3n) is 4.06. The van der Waals surface area contributed by atoms with Crippen molar-refractivity contribution in [2.24, 2.45) is 0 Å². The van der Waals surface area contributed by atoms with Crippen molar-refractivity contribution >= 4 is 22.7 Å². The zero-order chi connectivity index (χ0) is 16.9. The van der Waals surface area contributed by atoms with Gasteiger partial charge in [-0.2, -0.15) is 0 Å². The van der Waals surface area contributed by atoms with E-state index in [1.54, 1.807) is 0 Å². The van der Waals surface area contributed by atoms with Crippen molar-refractivity contribution in [2.45, 2.75) is 44.2 Å². The first-order chi connectivity index (χ1) is 11.5. The average molecular weight is 334 g/mol. The van der Waals surface area contributed by atoms with Gasteiger partial charge in [-0.05, 0) is 13.8 Å². The number of anilines is 2. The van der Waals surface area contributed by atoms with Gasteiger partial charge < -0.3 is 30.4 Å². The first kappa shape index (κ1) is 15.4. The molecule has 0 unspecified atom stereocenters. The van der Waals surface area contributed by atoms with Crippen LogP contribution < -0.4 is 11.1 Å². The van der Waals surface area contributed by atoms with Gasteiger partial charge in [-0.3, -0.25) is 0 Å². The van der Waals surface area contributed by atoms with Crippen LogP contribution in [0.15, 0.2) is 12.7 Å². The van der Waals surface area contributed by atoms with E-state index >= 15 is 0 Å². The van der Waals surface area contributed by atoms with Crippen molar-refractivity contribution in [3.05, 3.63) is 12.7 Å². The van der Waals surface area contributed by atoms with Gasteiger partial charge in [0.2, 0.25) is 0 Å². The zero-order valence-electron chi connectivity index (χ0n) is 13.2. The summed E-state index contributed by atoms with van der Waals surface area (Å²) in [6.07, 6.45) is 0.928. The predicted molar refractivity (Wildman–Crippen MR) is 82.7 cm³/mol. The molecule has 2 aromatic heterocycles. The minimum Gasteiger partial charge on any atom is -0.394 e. The maximum atomic E-state index is 9.52. The normalized spacial score (nSPS) is 31.3. The van der Waals surface area contributed by atoms with Gasteiger partial charge in [0.25, 0.3) is 0 Å². The lowest BCUT2D eigenvalue weighted by Crippen LogP contribution is -2.35. The molecule has 2 aliphatic heterocycles. The molecule has 0 saturated carbocycles. The molecule has 24 heavy (non-hydrogen) atoms. The molecule has 0 radical (unpaired) electrons. The summed E-state index contributed by atoms with van der Waals surface area (Å²) < 4.78 is 17.5. The predicted octanol–water partition coefficient (Wildman–Crippen LogP) is -0.349. The van der Waals surface area contributed by atoms with Crippen LogP contribution in [0.1, 0.15) is 13.8 Å². The molecule has 2 fully saturated rings. The smallest absolute Gasteiger partial charge is 0.164 e. The molecule has 0 spiro atoms. The van der Waals surface area contributed by atoms with Gasteiger partial charge in [0.1, 0.15) is 42.0 Å². The SMILES string of the molecule is CC1(C)O[C@@H]2[C@H](O1)[C@@H](CO)O[C@H]2Nc1ncnc2c(N)ncnc12. The molecule has 4 heterocycles. The molecule has 0 aromatic carbocycles. The van der Waals surface area contributed by atoms with E-state index in [0.29, 0.717) is 16.9 Å². The number of fused-ring (bicyclic) bond motifs is 2. The van der Waals surface area contributed by atoms with Gasteiger partial charge in [0, 0.05) is 0 Å². The van der Waals surface area contributed by atoms with Crippen LogP contribution in [-0.4, -0.2) is 62.0 Å². The summed E-state index contributed by atoms with van der Waals surface area (Å²) in [5.41, 5.74) is 6.75. The summed E-state index contributed by atoms with van der Waals surface area (Å²) in [5, 5.41) is 12.7. The summed E-state index contributed by atoms with van der Waals surface area (Å²) >= 11 is 0. The van der Waals surface area contributed by atoms with Crippen LogP contribution in [-0.2, 0) is 14.2 Å². The van der Waals surface area contributed by atoms with E-state index in [9.17, 15) is 5.11 Å². The monoisotopic (exact) mass is 334 g/mol. The van der Waals surface area contributed by atoms with Crippen molar-refractivity contribution in [1.82, 2.24) is 19.9 Å². The van der Waals surface area contributed by atoms with E-state index < -0.39 is 18.1 Å². The molecule has 2 aliphatic rings. The Hall–Kier alpha value is -2.14.